The number of nitrogens with one attached hydrogen (secondary N) is 2. The number of carbonyl (C=O) groups excluding carboxylic acids is 2. The van der Waals surface area contributed by atoms with Crippen LogP contribution in [0.4, 0.5) is 16.5 Å². The van der Waals surface area contributed by atoms with Gasteiger partial charge in [0.1, 0.15) is 17.0 Å². The van der Waals surface area contributed by atoms with Crippen molar-refractivity contribution >= 4 is 49.9 Å². The molecule has 2 amide bonds. The molecule has 156 valence electrons. The van der Waals surface area contributed by atoms with Crippen LogP contribution in [0.5, 0.6) is 11.5 Å². The van der Waals surface area contributed by atoms with Gasteiger partial charge in [-0.2, -0.15) is 0 Å². The minimum Gasteiger partial charge on any atom is -0.495 e. The van der Waals surface area contributed by atoms with Gasteiger partial charge in [0, 0.05) is 25.7 Å². The lowest BCUT2D eigenvalue weighted by atomic mass is 10.00. The number of thiazole rings is 1. The molecular formula is C21H22N4O4S. The molecule has 2 heterocycles. The van der Waals surface area contributed by atoms with Crippen molar-refractivity contribution in [1.29, 1.82) is 0 Å². The Bertz CT molecular complexity index is 1110. The average molecular weight is 426 g/mol. The van der Waals surface area contributed by atoms with Gasteiger partial charge in [0.25, 0.3) is 0 Å². The van der Waals surface area contributed by atoms with Gasteiger partial charge < -0.3 is 25.0 Å². The first-order chi connectivity index (χ1) is 14.5. The normalized spacial score (nSPS) is 13.6. The first kappa shape index (κ1) is 20.0. The van der Waals surface area contributed by atoms with E-state index in [2.05, 4.69) is 20.5 Å². The van der Waals surface area contributed by atoms with E-state index in [1.807, 2.05) is 18.2 Å². The average Bonchev–Trinajstić information content (AvgIpc) is 3.10. The SMILES string of the molecule is COc1ccc(NC(C)=O)cc1NC(=O)C1CN(c2nc3c(OC)cccc3s2)C1. The van der Waals surface area contributed by atoms with Crippen LogP contribution in [0.15, 0.2) is 36.4 Å². The molecule has 8 nitrogen and oxygen atoms in total. The molecule has 1 aromatic heterocycles. The number of methoxy groups -OCH3 is 2. The standard InChI is InChI=1S/C21H22N4O4S/c1-12(26)22-14-7-8-16(28-2)15(9-14)23-20(27)13-10-25(11-13)21-24-19-17(29-3)5-4-6-18(19)30-21/h4-9,13H,10-11H2,1-3H3,(H,22,26)(H,23,27). The Balaban J connectivity index is 1.43. The summed E-state index contributed by atoms with van der Waals surface area (Å²) in [5.41, 5.74) is 1.96. The number of amides is 2. The summed E-state index contributed by atoms with van der Waals surface area (Å²) in [6.45, 7) is 2.60. The molecule has 0 aliphatic carbocycles. The second-order valence-electron chi connectivity index (χ2n) is 6.99. The Morgan fingerprint density at radius 1 is 1.10 bits per heavy atom. The number of nitrogens with zero attached hydrogens (tertiary/aromatic N) is 2. The van der Waals surface area contributed by atoms with Crippen molar-refractivity contribution < 1.29 is 19.1 Å². The topological polar surface area (TPSA) is 92.8 Å². The fraction of sp³-hybridized carbons (Fsp3) is 0.286. The molecule has 9 heteroatoms. The van der Waals surface area contributed by atoms with Crippen LogP contribution < -0.4 is 25.0 Å². The van der Waals surface area contributed by atoms with Crippen LogP contribution in [0, 0.1) is 5.92 Å². The maximum atomic E-state index is 12.7. The van der Waals surface area contributed by atoms with Crippen molar-refractivity contribution in [2.24, 2.45) is 5.92 Å². The molecule has 4 rings (SSSR count). The van der Waals surface area contributed by atoms with Crippen LogP contribution >= 0.6 is 11.3 Å². The van der Waals surface area contributed by atoms with E-state index >= 15 is 0 Å². The van der Waals surface area contributed by atoms with Crippen molar-refractivity contribution in [3.05, 3.63) is 36.4 Å². The fourth-order valence-electron chi connectivity index (χ4n) is 3.33. The lowest BCUT2D eigenvalue weighted by molar-refractivity contribution is -0.120. The third-order valence-electron chi connectivity index (χ3n) is 4.89. The van der Waals surface area contributed by atoms with E-state index in [9.17, 15) is 9.59 Å². The van der Waals surface area contributed by atoms with Crippen molar-refractivity contribution in [3.8, 4) is 11.5 Å². The van der Waals surface area contributed by atoms with Gasteiger partial charge in [-0.25, -0.2) is 4.98 Å². The zero-order valence-corrected chi connectivity index (χ0v) is 17.7. The number of anilines is 3. The molecule has 30 heavy (non-hydrogen) atoms. The number of para-hydroxylation sites is 1. The summed E-state index contributed by atoms with van der Waals surface area (Å²) >= 11 is 1.59. The van der Waals surface area contributed by atoms with Crippen molar-refractivity contribution in [1.82, 2.24) is 4.98 Å². The third-order valence-corrected chi connectivity index (χ3v) is 5.97. The highest BCUT2D eigenvalue weighted by molar-refractivity contribution is 7.22. The number of aromatic nitrogens is 1. The van der Waals surface area contributed by atoms with Gasteiger partial charge in [-0.3, -0.25) is 9.59 Å². The van der Waals surface area contributed by atoms with Crippen LogP contribution in [0.25, 0.3) is 10.2 Å². The molecule has 2 aromatic carbocycles. The van der Waals surface area contributed by atoms with E-state index in [4.69, 9.17) is 9.47 Å². The van der Waals surface area contributed by atoms with Crippen molar-refractivity contribution in [2.75, 3.05) is 42.8 Å². The Morgan fingerprint density at radius 3 is 2.57 bits per heavy atom. The Kier molecular flexibility index (Phi) is 5.45. The predicted molar refractivity (Wildman–Crippen MR) is 118 cm³/mol. The van der Waals surface area contributed by atoms with Crippen molar-refractivity contribution in [2.45, 2.75) is 6.92 Å². The molecular weight excluding hydrogens is 404 g/mol. The number of fused-ring (bicyclic) bond motifs is 1. The van der Waals surface area contributed by atoms with Gasteiger partial charge in [-0.05, 0) is 30.3 Å². The van der Waals surface area contributed by atoms with E-state index < -0.39 is 0 Å². The van der Waals surface area contributed by atoms with E-state index in [0.717, 1.165) is 21.1 Å². The second-order valence-corrected chi connectivity index (χ2v) is 8.00. The number of rotatable bonds is 6. The molecule has 0 atom stereocenters. The Hall–Kier alpha value is -3.33. The van der Waals surface area contributed by atoms with E-state index in [1.54, 1.807) is 36.6 Å². The molecule has 3 aromatic rings. The molecule has 1 aliphatic rings. The summed E-state index contributed by atoms with van der Waals surface area (Å²) in [6, 6.07) is 11.0. The summed E-state index contributed by atoms with van der Waals surface area (Å²) in [5, 5.41) is 6.50. The van der Waals surface area contributed by atoms with Gasteiger partial charge in [0.2, 0.25) is 11.8 Å². The highest BCUT2D eigenvalue weighted by Gasteiger charge is 2.35. The molecule has 0 bridgehead atoms. The molecule has 1 aliphatic heterocycles. The molecule has 0 unspecified atom stereocenters. The van der Waals surface area contributed by atoms with Gasteiger partial charge in [-0.1, -0.05) is 17.4 Å². The summed E-state index contributed by atoms with van der Waals surface area (Å²) in [5.74, 6) is 0.846. The summed E-state index contributed by atoms with van der Waals surface area (Å²) in [7, 11) is 3.17. The third kappa shape index (κ3) is 3.88. The lowest BCUT2D eigenvalue weighted by Crippen LogP contribution is -2.52. The number of benzene rings is 2. The van der Waals surface area contributed by atoms with Crippen LogP contribution in [-0.4, -0.2) is 44.1 Å². The van der Waals surface area contributed by atoms with Crippen LogP contribution in [0.3, 0.4) is 0 Å². The number of hydrogen-bond donors (Lipinski definition) is 2. The fourth-order valence-corrected chi connectivity index (χ4v) is 4.33. The molecule has 0 radical (unpaired) electrons. The summed E-state index contributed by atoms with van der Waals surface area (Å²) in [4.78, 5) is 30.8. The number of carbonyl (C=O) groups is 2. The monoisotopic (exact) mass is 426 g/mol. The summed E-state index contributed by atoms with van der Waals surface area (Å²) < 4.78 is 11.8. The van der Waals surface area contributed by atoms with Gasteiger partial charge in [0.05, 0.1) is 30.5 Å². The Labute approximate surface area is 177 Å². The number of ether oxygens (including phenoxy) is 2. The smallest absolute Gasteiger partial charge is 0.231 e. The molecule has 1 saturated heterocycles. The van der Waals surface area contributed by atoms with Gasteiger partial charge in [0.15, 0.2) is 5.13 Å². The Morgan fingerprint density at radius 2 is 1.87 bits per heavy atom. The second kappa shape index (κ2) is 8.19. The highest BCUT2D eigenvalue weighted by atomic mass is 32.1. The van der Waals surface area contributed by atoms with E-state index in [0.29, 0.717) is 30.2 Å². The van der Waals surface area contributed by atoms with Crippen LogP contribution in [0.2, 0.25) is 0 Å². The summed E-state index contributed by atoms with van der Waals surface area (Å²) in [6.07, 6.45) is 0. The molecule has 0 saturated carbocycles. The van der Waals surface area contributed by atoms with E-state index in [-0.39, 0.29) is 17.7 Å². The van der Waals surface area contributed by atoms with Gasteiger partial charge in [-0.15, -0.1) is 0 Å². The maximum absolute atomic E-state index is 12.7. The predicted octanol–water partition coefficient (Wildman–Crippen LogP) is 3.35. The number of hydrogen-bond acceptors (Lipinski definition) is 7. The van der Waals surface area contributed by atoms with E-state index in [1.165, 1.54) is 14.0 Å². The zero-order valence-electron chi connectivity index (χ0n) is 16.9. The van der Waals surface area contributed by atoms with Crippen molar-refractivity contribution in [3.63, 3.8) is 0 Å². The van der Waals surface area contributed by atoms with Crippen LogP contribution in [-0.2, 0) is 9.59 Å². The first-order valence-corrected chi connectivity index (χ1v) is 10.2. The largest absolute Gasteiger partial charge is 0.495 e. The molecule has 2 N–H and O–H groups in total. The first-order valence-electron chi connectivity index (χ1n) is 9.43. The maximum Gasteiger partial charge on any atom is 0.231 e. The minimum absolute atomic E-state index is 0.0942. The lowest BCUT2D eigenvalue weighted by Gasteiger charge is -2.38. The van der Waals surface area contributed by atoms with Crippen LogP contribution in [0.1, 0.15) is 6.92 Å². The quantitative estimate of drug-likeness (QED) is 0.628. The molecule has 0 spiro atoms. The molecule has 1 fully saturated rings. The highest BCUT2D eigenvalue weighted by Crippen LogP contribution is 2.37. The zero-order chi connectivity index (χ0) is 21.3. The minimum atomic E-state index is -0.181. The van der Waals surface area contributed by atoms with Gasteiger partial charge >= 0.3 is 0 Å².